The van der Waals surface area contributed by atoms with E-state index in [1.54, 1.807) is 25.1 Å². The highest BCUT2D eigenvalue weighted by Gasteiger charge is 2.30. The first kappa shape index (κ1) is 19.8. The second kappa shape index (κ2) is 8.08. The van der Waals surface area contributed by atoms with E-state index in [9.17, 15) is 13.6 Å². The number of oxazole rings is 1. The van der Waals surface area contributed by atoms with Gasteiger partial charge in [0.05, 0.1) is 11.7 Å². The molecule has 2 heterocycles. The lowest BCUT2D eigenvalue weighted by Crippen LogP contribution is -2.45. The molecule has 0 aliphatic carbocycles. The van der Waals surface area contributed by atoms with Gasteiger partial charge in [-0.25, -0.2) is 13.8 Å². The molecule has 1 amide bonds. The summed E-state index contributed by atoms with van der Waals surface area (Å²) in [6.07, 6.45) is 1.57. The van der Waals surface area contributed by atoms with E-state index in [0.29, 0.717) is 29.6 Å². The number of rotatable bonds is 4. The molecular weight excluding hydrogens is 400 g/mol. The fraction of sp³-hybridized carbons (Fsp3) is 0.333. The number of nitrogens with zero attached hydrogens (tertiary/aromatic N) is 2. The first-order chi connectivity index (χ1) is 13.9. The minimum atomic E-state index is -0.665. The Bertz CT molecular complexity index is 1050. The molecule has 3 aromatic rings. The van der Waals surface area contributed by atoms with E-state index < -0.39 is 17.7 Å². The van der Waals surface area contributed by atoms with Gasteiger partial charge in [-0.1, -0.05) is 11.6 Å². The molecule has 0 radical (unpaired) electrons. The average molecular weight is 420 g/mol. The second-order valence-corrected chi connectivity index (χ2v) is 7.70. The lowest BCUT2D eigenvalue weighted by Gasteiger charge is -2.34. The Balaban J connectivity index is 1.38. The van der Waals surface area contributed by atoms with Crippen molar-refractivity contribution in [2.45, 2.75) is 31.7 Å². The van der Waals surface area contributed by atoms with Crippen LogP contribution >= 0.6 is 11.6 Å². The molecule has 1 fully saturated rings. The zero-order chi connectivity index (χ0) is 20.5. The van der Waals surface area contributed by atoms with E-state index >= 15 is 0 Å². The van der Waals surface area contributed by atoms with Gasteiger partial charge in [-0.3, -0.25) is 9.69 Å². The molecule has 1 N–H and O–H groups in total. The van der Waals surface area contributed by atoms with Crippen LogP contribution in [-0.4, -0.2) is 34.9 Å². The molecule has 2 aromatic carbocycles. The Morgan fingerprint density at radius 2 is 2.00 bits per heavy atom. The van der Waals surface area contributed by atoms with Gasteiger partial charge in [0.15, 0.2) is 11.5 Å². The van der Waals surface area contributed by atoms with Crippen molar-refractivity contribution in [1.29, 1.82) is 0 Å². The number of hydrogen-bond donors (Lipinski definition) is 1. The molecule has 29 heavy (non-hydrogen) atoms. The second-order valence-electron chi connectivity index (χ2n) is 7.26. The fourth-order valence-electron chi connectivity index (χ4n) is 3.62. The van der Waals surface area contributed by atoms with Gasteiger partial charge in [-0.2, -0.15) is 0 Å². The summed E-state index contributed by atoms with van der Waals surface area (Å²) in [5, 5.41) is 3.09. The maximum atomic E-state index is 13.8. The summed E-state index contributed by atoms with van der Waals surface area (Å²) >= 11 is 6.00. The first-order valence-corrected chi connectivity index (χ1v) is 9.84. The number of anilines is 1. The van der Waals surface area contributed by atoms with Crippen LogP contribution in [0.1, 0.15) is 31.6 Å². The van der Waals surface area contributed by atoms with Crippen LogP contribution in [0.2, 0.25) is 5.02 Å². The van der Waals surface area contributed by atoms with Crippen LogP contribution in [0.4, 0.5) is 14.5 Å². The van der Waals surface area contributed by atoms with E-state index in [2.05, 4.69) is 10.3 Å². The minimum Gasteiger partial charge on any atom is -0.440 e. The molecule has 1 aliphatic heterocycles. The van der Waals surface area contributed by atoms with E-state index in [1.165, 1.54) is 0 Å². The van der Waals surface area contributed by atoms with Crippen molar-refractivity contribution >= 4 is 34.3 Å². The standard InChI is InChI=1S/C21H20ClF2N3O2/c1-12(20(28)25-17-11-15(23)3-4-16(17)24)27-8-6-13(7-9-27)21-26-18-10-14(22)2-5-19(18)29-21/h2-5,10-13H,6-9H2,1H3,(H,25,28). The first-order valence-electron chi connectivity index (χ1n) is 9.46. The van der Waals surface area contributed by atoms with Crippen LogP contribution in [0, 0.1) is 11.6 Å². The summed E-state index contributed by atoms with van der Waals surface area (Å²) in [7, 11) is 0. The molecule has 1 saturated heterocycles. The van der Waals surface area contributed by atoms with Crippen LogP contribution in [-0.2, 0) is 4.79 Å². The Morgan fingerprint density at radius 1 is 1.24 bits per heavy atom. The van der Waals surface area contributed by atoms with Crippen LogP contribution in [0.25, 0.3) is 11.1 Å². The maximum Gasteiger partial charge on any atom is 0.241 e. The quantitative estimate of drug-likeness (QED) is 0.649. The molecule has 1 aliphatic rings. The van der Waals surface area contributed by atoms with Gasteiger partial charge in [0.25, 0.3) is 0 Å². The number of benzene rings is 2. The summed E-state index contributed by atoms with van der Waals surface area (Å²) in [5.41, 5.74) is 1.29. The number of aromatic nitrogens is 1. The highest BCUT2D eigenvalue weighted by atomic mass is 35.5. The van der Waals surface area contributed by atoms with E-state index in [1.807, 2.05) is 4.90 Å². The number of halogens is 3. The van der Waals surface area contributed by atoms with Crippen LogP contribution < -0.4 is 5.32 Å². The smallest absolute Gasteiger partial charge is 0.241 e. The number of carbonyl (C=O) groups excluding carboxylic acids is 1. The third-order valence-electron chi connectivity index (χ3n) is 5.36. The Hall–Kier alpha value is -2.51. The number of nitrogens with one attached hydrogen (secondary N) is 1. The number of carbonyl (C=O) groups is 1. The summed E-state index contributed by atoms with van der Waals surface area (Å²) in [5.74, 6) is -0.796. The number of likely N-dealkylation sites (tertiary alicyclic amines) is 1. The largest absolute Gasteiger partial charge is 0.440 e. The molecule has 5 nitrogen and oxygen atoms in total. The molecule has 152 valence electrons. The summed E-state index contributed by atoms with van der Waals surface area (Å²) < 4.78 is 32.9. The van der Waals surface area contributed by atoms with Gasteiger partial charge in [-0.15, -0.1) is 0 Å². The Labute approximate surface area is 171 Å². The van der Waals surface area contributed by atoms with Gasteiger partial charge in [0.2, 0.25) is 5.91 Å². The highest BCUT2D eigenvalue weighted by Crippen LogP contribution is 2.31. The third kappa shape index (κ3) is 4.26. The number of fused-ring (bicyclic) bond motifs is 1. The molecule has 8 heteroatoms. The Kier molecular flexibility index (Phi) is 5.52. The fourth-order valence-corrected chi connectivity index (χ4v) is 3.79. The molecule has 0 saturated carbocycles. The van der Waals surface area contributed by atoms with Gasteiger partial charge in [-0.05, 0) is 63.2 Å². The van der Waals surface area contributed by atoms with Crippen molar-refractivity contribution in [2.24, 2.45) is 0 Å². The van der Waals surface area contributed by atoms with Crippen LogP contribution in [0.15, 0.2) is 40.8 Å². The van der Waals surface area contributed by atoms with Crippen LogP contribution in [0.3, 0.4) is 0 Å². The normalized spacial score (nSPS) is 16.8. The summed E-state index contributed by atoms with van der Waals surface area (Å²) in [4.78, 5) is 19.1. The van der Waals surface area contributed by atoms with E-state index in [4.69, 9.17) is 16.0 Å². The van der Waals surface area contributed by atoms with Gasteiger partial charge in [0, 0.05) is 17.0 Å². The molecule has 0 spiro atoms. The van der Waals surface area contributed by atoms with Crippen molar-refractivity contribution in [3.63, 3.8) is 0 Å². The Morgan fingerprint density at radius 3 is 2.76 bits per heavy atom. The van der Waals surface area contributed by atoms with Crippen molar-refractivity contribution in [2.75, 3.05) is 18.4 Å². The van der Waals surface area contributed by atoms with Crippen LogP contribution in [0.5, 0.6) is 0 Å². The summed E-state index contributed by atoms with van der Waals surface area (Å²) in [6, 6.07) is 7.86. The van der Waals surface area contributed by atoms with Crippen molar-refractivity contribution in [3.05, 3.63) is 58.9 Å². The molecule has 0 bridgehead atoms. The predicted molar refractivity (Wildman–Crippen MR) is 107 cm³/mol. The summed E-state index contributed by atoms with van der Waals surface area (Å²) in [6.45, 7) is 3.10. The number of amides is 1. The lowest BCUT2D eigenvalue weighted by molar-refractivity contribution is -0.121. The number of piperidine rings is 1. The van der Waals surface area contributed by atoms with E-state index in [-0.39, 0.29) is 17.5 Å². The zero-order valence-corrected chi connectivity index (χ0v) is 16.5. The molecular formula is C21H20ClF2N3O2. The molecule has 4 rings (SSSR count). The lowest BCUT2D eigenvalue weighted by atomic mass is 9.95. The van der Waals surface area contributed by atoms with E-state index in [0.717, 1.165) is 36.6 Å². The van der Waals surface area contributed by atoms with Crippen molar-refractivity contribution in [3.8, 4) is 0 Å². The van der Waals surface area contributed by atoms with Gasteiger partial charge >= 0.3 is 0 Å². The SMILES string of the molecule is CC(C(=O)Nc1cc(F)ccc1F)N1CCC(c2nc3cc(Cl)ccc3o2)CC1. The van der Waals surface area contributed by atoms with Crippen molar-refractivity contribution in [1.82, 2.24) is 9.88 Å². The van der Waals surface area contributed by atoms with Gasteiger partial charge < -0.3 is 9.73 Å². The maximum absolute atomic E-state index is 13.8. The average Bonchev–Trinajstić information content (AvgIpc) is 3.13. The molecule has 1 atom stereocenters. The topological polar surface area (TPSA) is 58.4 Å². The van der Waals surface area contributed by atoms with Gasteiger partial charge in [0.1, 0.15) is 17.2 Å². The third-order valence-corrected chi connectivity index (χ3v) is 5.59. The molecule has 1 aromatic heterocycles. The predicted octanol–water partition coefficient (Wildman–Crippen LogP) is 4.97. The minimum absolute atomic E-state index is 0.151. The molecule has 1 unspecified atom stereocenters. The van der Waals surface area contributed by atoms with Crippen molar-refractivity contribution < 1.29 is 18.0 Å². The zero-order valence-electron chi connectivity index (χ0n) is 15.8. The number of hydrogen-bond acceptors (Lipinski definition) is 4. The monoisotopic (exact) mass is 419 g/mol. The highest BCUT2D eigenvalue weighted by molar-refractivity contribution is 6.31.